The van der Waals surface area contributed by atoms with Gasteiger partial charge in [-0.15, -0.1) is 0 Å². The van der Waals surface area contributed by atoms with E-state index < -0.39 is 26.3 Å². The van der Waals surface area contributed by atoms with Gasteiger partial charge in [0.15, 0.2) is 5.82 Å². The second kappa shape index (κ2) is 5.01. The molecule has 0 heterocycles. The maximum absolute atomic E-state index is 13.8. The Bertz CT molecular complexity index is 589. The van der Waals surface area contributed by atoms with E-state index in [1.165, 1.54) is 18.2 Å². The summed E-state index contributed by atoms with van der Waals surface area (Å²) < 4.78 is 40.8. The minimum Gasteiger partial charge on any atom is -0.329 e. The molecule has 1 unspecified atom stereocenters. The molecule has 0 aromatic heterocycles. The smallest absolute Gasteiger partial charge is 0.244 e. The van der Waals surface area contributed by atoms with Crippen molar-refractivity contribution in [2.24, 2.45) is 11.7 Å². The molecule has 2 rings (SSSR count). The average Bonchev–Trinajstić information content (AvgIpc) is 3.16. The maximum atomic E-state index is 13.8. The monoisotopic (exact) mass is 306 g/mol. The van der Waals surface area contributed by atoms with E-state index in [1.54, 1.807) is 6.92 Å². The largest absolute Gasteiger partial charge is 0.329 e. The molecular formula is C12H16ClFN2O2S. The van der Waals surface area contributed by atoms with Crippen molar-refractivity contribution in [3.63, 3.8) is 0 Å². The molecule has 1 aliphatic rings. The summed E-state index contributed by atoms with van der Waals surface area (Å²) in [5.74, 6) is -0.735. The molecule has 0 radical (unpaired) electrons. The second-order valence-corrected chi connectivity index (χ2v) is 7.11. The van der Waals surface area contributed by atoms with E-state index >= 15 is 0 Å². The number of hydrogen-bond donors (Lipinski definition) is 2. The molecule has 0 spiro atoms. The van der Waals surface area contributed by atoms with E-state index in [-0.39, 0.29) is 17.5 Å². The van der Waals surface area contributed by atoms with Crippen LogP contribution in [0.2, 0.25) is 5.02 Å². The van der Waals surface area contributed by atoms with E-state index in [4.69, 9.17) is 17.3 Å². The average molecular weight is 307 g/mol. The Balaban J connectivity index is 2.35. The summed E-state index contributed by atoms with van der Waals surface area (Å²) in [5, 5.41) is -0.219. The van der Waals surface area contributed by atoms with Gasteiger partial charge < -0.3 is 5.73 Å². The zero-order valence-corrected chi connectivity index (χ0v) is 12.1. The normalized spacial score (nSPS) is 19.2. The summed E-state index contributed by atoms with van der Waals surface area (Å²) >= 11 is 5.61. The molecule has 1 atom stereocenters. The van der Waals surface area contributed by atoms with Crippen LogP contribution >= 0.6 is 11.6 Å². The number of nitrogens with one attached hydrogen (secondary N) is 1. The van der Waals surface area contributed by atoms with E-state index in [1.807, 2.05) is 0 Å². The Morgan fingerprint density at radius 1 is 1.53 bits per heavy atom. The van der Waals surface area contributed by atoms with Crippen LogP contribution < -0.4 is 10.5 Å². The quantitative estimate of drug-likeness (QED) is 0.872. The van der Waals surface area contributed by atoms with Crippen molar-refractivity contribution in [2.45, 2.75) is 30.2 Å². The molecule has 0 bridgehead atoms. The summed E-state index contributed by atoms with van der Waals surface area (Å²) in [4.78, 5) is -0.444. The topological polar surface area (TPSA) is 72.2 Å². The predicted octanol–water partition coefficient (Wildman–Crippen LogP) is 1.88. The van der Waals surface area contributed by atoms with E-state index in [2.05, 4.69) is 4.72 Å². The predicted molar refractivity (Wildman–Crippen MR) is 71.9 cm³/mol. The van der Waals surface area contributed by atoms with Crippen molar-refractivity contribution >= 4 is 21.6 Å². The number of halogens is 2. The van der Waals surface area contributed by atoms with Gasteiger partial charge in [-0.2, -0.15) is 0 Å². The highest BCUT2D eigenvalue weighted by atomic mass is 35.5. The number of sulfonamides is 1. The molecule has 7 heteroatoms. The van der Waals surface area contributed by atoms with E-state index in [0.29, 0.717) is 0 Å². The summed E-state index contributed by atoms with van der Waals surface area (Å²) in [5.41, 5.74) is 4.91. The van der Waals surface area contributed by atoms with Gasteiger partial charge in [0.2, 0.25) is 10.0 Å². The lowest BCUT2D eigenvalue weighted by Crippen LogP contribution is -2.53. The number of nitrogens with two attached hydrogens (primary N) is 1. The van der Waals surface area contributed by atoms with E-state index in [9.17, 15) is 12.8 Å². The zero-order chi connectivity index (χ0) is 14.3. The molecule has 3 N–H and O–H groups in total. The molecule has 1 saturated carbocycles. The Morgan fingerprint density at radius 2 is 2.16 bits per heavy atom. The van der Waals surface area contributed by atoms with Gasteiger partial charge in [-0.05, 0) is 37.8 Å². The van der Waals surface area contributed by atoms with Gasteiger partial charge in [-0.3, -0.25) is 0 Å². The fraction of sp³-hybridized carbons (Fsp3) is 0.500. The molecule has 19 heavy (non-hydrogen) atoms. The first kappa shape index (κ1) is 14.7. The number of hydrogen-bond acceptors (Lipinski definition) is 3. The summed E-state index contributed by atoms with van der Waals surface area (Å²) in [7, 11) is -3.98. The first-order chi connectivity index (χ1) is 8.80. The lowest BCUT2D eigenvalue weighted by molar-refractivity contribution is 0.373. The summed E-state index contributed by atoms with van der Waals surface area (Å²) in [6, 6.07) is 3.89. The maximum Gasteiger partial charge on any atom is 0.244 e. The van der Waals surface area contributed by atoms with Crippen molar-refractivity contribution in [3.8, 4) is 0 Å². The first-order valence-electron chi connectivity index (χ1n) is 5.98. The Labute approximate surface area is 117 Å². The van der Waals surface area contributed by atoms with Gasteiger partial charge in [0.25, 0.3) is 0 Å². The summed E-state index contributed by atoms with van der Waals surface area (Å²) in [6.45, 7) is 1.91. The fourth-order valence-electron chi connectivity index (χ4n) is 2.07. The molecule has 4 nitrogen and oxygen atoms in total. The Morgan fingerprint density at radius 3 is 2.68 bits per heavy atom. The Kier molecular flexibility index (Phi) is 3.88. The molecule has 106 valence electrons. The molecule has 1 fully saturated rings. The molecule has 1 aromatic carbocycles. The molecule has 1 aliphatic carbocycles. The molecule has 1 aromatic rings. The Hall–Kier alpha value is -0.690. The van der Waals surface area contributed by atoms with Crippen LogP contribution in [0.1, 0.15) is 19.8 Å². The standard InChI is InChI=1S/C12H16ClFN2O2S/c1-12(7-15,8-5-6-8)16-19(17,18)10-4-2-3-9(13)11(10)14/h2-4,8,16H,5-7,15H2,1H3. The highest BCUT2D eigenvalue weighted by Crippen LogP contribution is 2.40. The van der Waals surface area contributed by atoms with Crippen LogP contribution in [0.4, 0.5) is 4.39 Å². The van der Waals surface area contributed by atoms with Crippen LogP contribution in [-0.4, -0.2) is 20.5 Å². The van der Waals surface area contributed by atoms with Crippen LogP contribution in [0.3, 0.4) is 0 Å². The van der Waals surface area contributed by atoms with Gasteiger partial charge in [0, 0.05) is 12.1 Å². The van der Waals surface area contributed by atoms with Gasteiger partial charge in [0.05, 0.1) is 5.02 Å². The number of benzene rings is 1. The molecule has 0 aliphatic heterocycles. The van der Waals surface area contributed by atoms with Gasteiger partial charge in [-0.1, -0.05) is 17.7 Å². The van der Waals surface area contributed by atoms with Crippen molar-refractivity contribution in [1.82, 2.24) is 4.72 Å². The first-order valence-corrected chi connectivity index (χ1v) is 7.84. The minimum absolute atomic E-state index is 0.166. The molecule has 0 amide bonds. The van der Waals surface area contributed by atoms with Crippen molar-refractivity contribution in [3.05, 3.63) is 29.0 Å². The van der Waals surface area contributed by atoms with E-state index in [0.717, 1.165) is 12.8 Å². The van der Waals surface area contributed by atoms with Crippen LogP contribution in [0, 0.1) is 11.7 Å². The lowest BCUT2D eigenvalue weighted by Gasteiger charge is -2.29. The third-order valence-electron chi connectivity index (χ3n) is 3.48. The highest BCUT2D eigenvalue weighted by molar-refractivity contribution is 7.89. The third kappa shape index (κ3) is 2.91. The van der Waals surface area contributed by atoms with Gasteiger partial charge in [-0.25, -0.2) is 17.5 Å². The third-order valence-corrected chi connectivity index (χ3v) is 5.40. The van der Waals surface area contributed by atoms with Crippen LogP contribution in [0.15, 0.2) is 23.1 Å². The second-order valence-electron chi connectivity index (χ2n) is 5.05. The number of rotatable bonds is 5. The zero-order valence-electron chi connectivity index (χ0n) is 10.5. The highest BCUT2D eigenvalue weighted by Gasteiger charge is 2.43. The minimum atomic E-state index is -3.98. The SMILES string of the molecule is CC(CN)(NS(=O)(=O)c1cccc(Cl)c1F)C1CC1. The van der Waals surface area contributed by atoms with Crippen LogP contribution in [0.25, 0.3) is 0 Å². The van der Waals surface area contributed by atoms with Gasteiger partial charge in [0.1, 0.15) is 4.90 Å². The summed E-state index contributed by atoms with van der Waals surface area (Å²) in [6.07, 6.45) is 1.85. The van der Waals surface area contributed by atoms with Crippen molar-refractivity contribution in [1.29, 1.82) is 0 Å². The molecule has 0 saturated heterocycles. The van der Waals surface area contributed by atoms with Gasteiger partial charge >= 0.3 is 0 Å². The van der Waals surface area contributed by atoms with Crippen molar-refractivity contribution in [2.75, 3.05) is 6.54 Å². The van der Waals surface area contributed by atoms with Crippen LogP contribution in [-0.2, 0) is 10.0 Å². The van der Waals surface area contributed by atoms with Crippen LogP contribution in [0.5, 0.6) is 0 Å². The van der Waals surface area contributed by atoms with Crippen molar-refractivity contribution < 1.29 is 12.8 Å². The lowest BCUT2D eigenvalue weighted by atomic mass is 9.98. The molecular weight excluding hydrogens is 291 g/mol. The fourth-order valence-corrected chi connectivity index (χ4v) is 3.87.